The molecule has 0 bridgehead atoms. The summed E-state index contributed by atoms with van der Waals surface area (Å²) in [5.41, 5.74) is -1.40. The number of carbonyl (C=O) groups is 4. The molecule has 10 heteroatoms. The molecule has 10 nitrogen and oxygen atoms in total. The predicted octanol–water partition coefficient (Wildman–Crippen LogP) is -0.684. The van der Waals surface area contributed by atoms with Gasteiger partial charge < -0.3 is 20.2 Å². The van der Waals surface area contributed by atoms with Gasteiger partial charge in [0.25, 0.3) is 0 Å². The smallest absolute Gasteiger partial charge is 0.358 e. The fraction of sp³-hybridized carbons (Fsp3) is 0. The van der Waals surface area contributed by atoms with Gasteiger partial charge in [0, 0.05) is 0 Å². The van der Waals surface area contributed by atoms with E-state index in [2.05, 4.69) is 4.84 Å². The molecule has 0 fully saturated rings. The molecule has 0 amide bonds. The van der Waals surface area contributed by atoms with Gasteiger partial charge in [-0.15, -0.1) is 0 Å². The number of carboxylic acid groups (broad SMARTS) is 3. The first-order chi connectivity index (χ1) is 9.29. The Morgan fingerprint density at radius 1 is 0.850 bits per heavy atom. The predicted molar refractivity (Wildman–Crippen MR) is 60.1 cm³/mol. The van der Waals surface area contributed by atoms with Crippen molar-refractivity contribution in [1.29, 1.82) is 0 Å². The number of carboxylic acids is 3. The zero-order chi connectivity index (χ0) is 15.4. The van der Waals surface area contributed by atoms with Crippen LogP contribution in [0.4, 0.5) is 0 Å². The maximum atomic E-state index is 11.5. The Kier molecular flexibility index (Phi) is 4.35. The fourth-order valence-electron chi connectivity index (χ4n) is 1.41. The summed E-state index contributed by atoms with van der Waals surface area (Å²) in [6.07, 6.45) is 0. The van der Waals surface area contributed by atoms with E-state index in [4.69, 9.17) is 21.2 Å². The highest BCUT2D eigenvalue weighted by atomic mass is 16.7. The third kappa shape index (κ3) is 2.88. The van der Waals surface area contributed by atoms with Crippen molar-refractivity contribution in [3.8, 4) is 0 Å². The van der Waals surface area contributed by atoms with Gasteiger partial charge >= 0.3 is 23.9 Å². The number of rotatable bonds is 5. The summed E-state index contributed by atoms with van der Waals surface area (Å²) < 4.78 is 0. The van der Waals surface area contributed by atoms with Crippen molar-refractivity contribution in [3.63, 3.8) is 0 Å². The Balaban J connectivity index is 3.61. The van der Waals surface area contributed by atoms with E-state index in [0.717, 1.165) is 0 Å². The average Bonchev–Trinajstić information content (AvgIpc) is 2.36. The summed E-state index contributed by atoms with van der Waals surface area (Å²) in [7, 11) is 0. The summed E-state index contributed by atoms with van der Waals surface area (Å²) in [5, 5.41) is 26.6. The van der Waals surface area contributed by atoms with Crippen LogP contribution in [0.25, 0.3) is 0 Å². The van der Waals surface area contributed by atoms with Gasteiger partial charge in [-0.1, -0.05) is 5.59 Å². The molecule has 0 saturated heterocycles. The highest BCUT2D eigenvalue weighted by Crippen LogP contribution is 2.19. The number of hydrogen-bond acceptors (Lipinski definition) is 7. The van der Waals surface area contributed by atoms with Gasteiger partial charge in [-0.2, -0.15) is 0 Å². The molecule has 0 atom stereocenters. The molecule has 1 aromatic rings. The molecular weight excluding hydrogens is 276 g/mol. The maximum Gasteiger partial charge on any atom is 0.358 e. The lowest BCUT2D eigenvalue weighted by Crippen LogP contribution is -2.27. The molecule has 0 aliphatic heterocycles. The van der Waals surface area contributed by atoms with Gasteiger partial charge in [0.05, 0.1) is 22.3 Å². The Hall–Kier alpha value is -2.98. The van der Waals surface area contributed by atoms with Gasteiger partial charge in [0.15, 0.2) is 0 Å². The lowest BCUT2D eigenvalue weighted by Gasteiger charge is -2.09. The van der Waals surface area contributed by atoms with Crippen LogP contribution in [0.5, 0.6) is 0 Å². The Labute approximate surface area is 110 Å². The molecule has 0 unspecified atom stereocenters. The molecule has 1 aromatic carbocycles. The van der Waals surface area contributed by atoms with E-state index >= 15 is 0 Å². The van der Waals surface area contributed by atoms with Crippen LogP contribution >= 0.6 is 0 Å². The first-order valence-corrected chi connectivity index (χ1v) is 4.84. The van der Waals surface area contributed by atoms with E-state index in [1.54, 1.807) is 0 Å². The minimum atomic E-state index is -1.65. The lowest BCUT2D eigenvalue weighted by atomic mass is 9.98. The van der Waals surface area contributed by atoms with Gasteiger partial charge in [-0.25, -0.2) is 25.0 Å². The molecule has 0 spiro atoms. The summed E-state index contributed by atoms with van der Waals surface area (Å²) in [6.45, 7) is 0. The SMILES string of the molecule is NNOC(=O)c1cc(C(=O)O)c(C(=O)O)cc1C(=O)O. The van der Waals surface area contributed by atoms with Crippen molar-refractivity contribution in [2.75, 3.05) is 0 Å². The second-order valence-electron chi connectivity index (χ2n) is 3.37. The highest BCUT2D eigenvalue weighted by molar-refractivity contribution is 6.09. The molecule has 0 aromatic heterocycles. The number of hydrogen-bond donors (Lipinski definition) is 5. The van der Waals surface area contributed by atoms with Gasteiger partial charge in [-0.3, -0.25) is 0 Å². The Morgan fingerprint density at radius 3 is 1.55 bits per heavy atom. The summed E-state index contributed by atoms with van der Waals surface area (Å²) in [6, 6.07) is 1.15. The van der Waals surface area contributed by atoms with Gasteiger partial charge in [0.2, 0.25) is 0 Å². The minimum Gasteiger partial charge on any atom is -0.478 e. The van der Waals surface area contributed by atoms with Crippen molar-refractivity contribution in [3.05, 3.63) is 34.4 Å². The molecule has 20 heavy (non-hydrogen) atoms. The molecule has 0 aliphatic rings. The molecule has 0 saturated carbocycles. The Bertz CT molecular complexity index is 610. The standard InChI is InChI=1S/C10H8N2O8/c11-12-20-10(19)6-2-4(8(15)16)3(7(13)14)1-5(6)9(17)18/h1-2,12H,11H2,(H,13,14)(H,15,16)(H,17,18). The normalized spacial score (nSPS) is 9.85. The molecule has 6 N–H and O–H groups in total. The van der Waals surface area contributed by atoms with E-state index in [9.17, 15) is 19.2 Å². The van der Waals surface area contributed by atoms with Gasteiger partial charge in [0.1, 0.15) is 0 Å². The number of hydrazine groups is 1. The second-order valence-corrected chi connectivity index (χ2v) is 3.37. The summed E-state index contributed by atoms with van der Waals surface area (Å²) in [5.74, 6) is -1.48. The van der Waals surface area contributed by atoms with Crippen LogP contribution < -0.4 is 11.4 Å². The quantitative estimate of drug-likeness (QED) is 0.343. The summed E-state index contributed by atoms with van der Waals surface area (Å²) in [4.78, 5) is 48.4. The van der Waals surface area contributed by atoms with Gasteiger partial charge in [-0.05, 0) is 12.1 Å². The van der Waals surface area contributed by atoms with Crippen LogP contribution in [-0.4, -0.2) is 39.2 Å². The van der Waals surface area contributed by atoms with Crippen LogP contribution in [-0.2, 0) is 4.84 Å². The van der Waals surface area contributed by atoms with E-state index in [1.165, 1.54) is 5.59 Å². The minimum absolute atomic E-state index is 0.557. The molecule has 0 aliphatic carbocycles. The molecule has 0 radical (unpaired) electrons. The second kappa shape index (κ2) is 5.77. The van der Waals surface area contributed by atoms with Crippen LogP contribution in [0.15, 0.2) is 12.1 Å². The first-order valence-electron chi connectivity index (χ1n) is 4.84. The van der Waals surface area contributed by atoms with Crippen LogP contribution in [0, 0.1) is 0 Å². The third-order valence-electron chi connectivity index (χ3n) is 2.22. The zero-order valence-corrected chi connectivity index (χ0v) is 9.61. The molecular formula is C10H8N2O8. The fourth-order valence-corrected chi connectivity index (χ4v) is 1.41. The topological polar surface area (TPSA) is 176 Å². The van der Waals surface area contributed by atoms with Crippen molar-refractivity contribution >= 4 is 23.9 Å². The highest BCUT2D eigenvalue weighted by Gasteiger charge is 2.26. The third-order valence-corrected chi connectivity index (χ3v) is 2.22. The number of nitrogens with one attached hydrogen (secondary N) is 1. The number of aromatic carboxylic acids is 3. The van der Waals surface area contributed by atoms with E-state index in [-0.39, 0.29) is 0 Å². The lowest BCUT2D eigenvalue weighted by molar-refractivity contribution is 0.0248. The first kappa shape index (κ1) is 15.1. The largest absolute Gasteiger partial charge is 0.478 e. The molecule has 0 heterocycles. The van der Waals surface area contributed by atoms with Crippen molar-refractivity contribution in [2.24, 2.45) is 5.84 Å². The van der Waals surface area contributed by atoms with Crippen LogP contribution in [0.2, 0.25) is 0 Å². The van der Waals surface area contributed by atoms with Crippen molar-refractivity contribution in [2.45, 2.75) is 0 Å². The average molecular weight is 284 g/mol. The van der Waals surface area contributed by atoms with E-state index in [0.29, 0.717) is 12.1 Å². The Morgan fingerprint density at radius 2 is 1.20 bits per heavy atom. The summed E-state index contributed by atoms with van der Waals surface area (Å²) >= 11 is 0. The van der Waals surface area contributed by atoms with E-state index in [1.807, 2.05) is 0 Å². The van der Waals surface area contributed by atoms with Crippen LogP contribution in [0.1, 0.15) is 41.4 Å². The molecule has 1 rings (SSSR count). The van der Waals surface area contributed by atoms with Crippen molar-refractivity contribution in [1.82, 2.24) is 5.59 Å². The number of benzene rings is 1. The monoisotopic (exact) mass is 284 g/mol. The number of carbonyl (C=O) groups excluding carboxylic acids is 1. The number of nitrogens with two attached hydrogens (primary N) is 1. The van der Waals surface area contributed by atoms with E-state index < -0.39 is 46.1 Å². The maximum absolute atomic E-state index is 11.5. The van der Waals surface area contributed by atoms with Crippen molar-refractivity contribution < 1.29 is 39.3 Å². The zero-order valence-electron chi connectivity index (χ0n) is 9.61. The van der Waals surface area contributed by atoms with Crippen LogP contribution in [0.3, 0.4) is 0 Å². The molecule has 106 valence electrons.